The summed E-state index contributed by atoms with van der Waals surface area (Å²) in [5.41, 5.74) is 0.842. The molecule has 1 N–H and O–H groups in total. The summed E-state index contributed by atoms with van der Waals surface area (Å²) in [5.74, 6) is -5.91. The zero-order valence-electron chi connectivity index (χ0n) is 11.5. The van der Waals surface area contributed by atoms with E-state index in [1.807, 2.05) is 0 Å². The molecular formula is C14H13ClF3NO3. The number of carboxylic acids is 1. The molecule has 0 spiro atoms. The van der Waals surface area contributed by atoms with Crippen molar-refractivity contribution in [1.82, 2.24) is 4.90 Å². The summed E-state index contributed by atoms with van der Waals surface area (Å²) in [5, 5.41) is 9.24. The van der Waals surface area contributed by atoms with Gasteiger partial charge in [-0.2, -0.15) is 13.2 Å². The topological polar surface area (TPSA) is 57.6 Å². The molecule has 1 heterocycles. The van der Waals surface area contributed by atoms with Gasteiger partial charge in [-0.1, -0.05) is 11.6 Å². The molecule has 1 aliphatic heterocycles. The van der Waals surface area contributed by atoms with Crippen molar-refractivity contribution in [3.63, 3.8) is 0 Å². The molecule has 1 amide bonds. The third-order valence-electron chi connectivity index (χ3n) is 3.63. The molecule has 1 saturated heterocycles. The molecule has 2 atom stereocenters. The molecule has 0 aliphatic carbocycles. The standard InChI is InChI=1S/C14H13ClF3NO3/c1-7-2-8(4-9(15)3-7)12(20)19-5-10(13(21)22)11(6-19)14(16,17)18/h2-4,10-11H,5-6H2,1H3,(H,21,22)/t10-,11-/m1/s1. The lowest BCUT2D eigenvalue weighted by atomic mass is 9.96. The van der Waals surface area contributed by atoms with Gasteiger partial charge in [0, 0.05) is 23.7 Å². The van der Waals surface area contributed by atoms with E-state index in [1.165, 1.54) is 12.1 Å². The van der Waals surface area contributed by atoms with Gasteiger partial charge in [-0.3, -0.25) is 9.59 Å². The maximum Gasteiger partial charge on any atom is 0.394 e. The number of benzene rings is 1. The Morgan fingerprint density at radius 3 is 2.36 bits per heavy atom. The van der Waals surface area contributed by atoms with Gasteiger partial charge >= 0.3 is 12.1 Å². The summed E-state index contributed by atoms with van der Waals surface area (Å²) in [6.07, 6.45) is -4.66. The summed E-state index contributed by atoms with van der Waals surface area (Å²) in [4.78, 5) is 24.2. The Hall–Kier alpha value is -1.76. The molecule has 1 aromatic rings. The van der Waals surface area contributed by atoms with Gasteiger partial charge in [-0.25, -0.2) is 0 Å². The summed E-state index contributed by atoms with van der Waals surface area (Å²) >= 11 is 5.84. The van der Waals surface area contributed by atoms with Crippen LogP contribution >= 0.6 is 11.6 Å². The van der Waals surface area contributed by atoms with Crippen LogP contribution in [0.1, 0.15) is 15.9 Å². The van der Waals surface area contributed by atoms with Crippen molar-refractivity contribution in [2.45, 2.75) is 13.1 Å². The van der Waals surface area contributed by atoms with Gasteiger partial charge in [0.2, 0.25) is 0 Å². The molecular weight excluding hydrogens is 323 g/mol. The van der Waals surface area contributed by atoms with E-state index < -0.39 is 43.0 Å². The van der Waals surface area contributed by atoms with E-state index in [1.54, 1.807) is 13.0 Å². The third kappa shape index (κ3) is 3.35. The van der Waals surface area contributed by atoms with E-state index in [-0.39, 0.29) is 5.56 Å². The molecule has 1 fully saturated rings. The quantitative estimate of drug-likeness (QED) is 0.904. The first-order valence-corrected chi connectivity index (χ1v) is 6.83. The van der Waals surface area contributed by atoms with Crippen LogP contribution in [0.25, 0.3) is 0 Å². The van der Waals surface area contributed by atoms with Crippen molar-refractivity contribution in [2.75, 3.05) is 13.1 Å². The fraction of sp³-hybridized carbons (Fsp3) is 0.429. The van der Waals surface area contributed by atoms with Gasteiger partial charge < -0.3 is 10.0 Å². The molecule has 1 aliphatic rings. The van der Waals surface area contributed by atoms with Crippen LogP contribution in [0.2, 0.25) is 5.02 Å². The maximum absolute atomic E-state index is 12.9. The predicted molar refractivity (Wildman–Crippen MR) is 72.8 cm³/mol. The second kappa shape index (κ2) is 5.79. The molecule has 8 heteroatoms. The first-order chi connectivity index (χ1) is 10.1. The number of hydrogen-bond donors (Lipinski definition) is 1. The Kier molecular flexibility index (Phi) is 4.37. The van der Waals surface area contributed by atoms with Crippen molar-refractivity contribution in [3.05, 3.63) is 34.3 Å². The number of aliphatic carboxylic acids is 1. The normalized spacial score (nSPS) is 22.0. The maximum atomic E-state index is 12.9. The number of nitrogens with zero attached hydrogens (tertiary/aromatic N) is 1. The predicted octanol–water partition coefficient (Wildman–Crippen LogP) is 2.98. The van der Waals surface area contributed by atoms with Crippen molar-refractivity contribution in [3.8, 4) is 0 Å². The van der Waals surface area contributed by atoms with Crippen molar-refractivity contribution >= 4 is 23.5 Å². The summed E-state index contributed by atoms with van der Waals surface area (Å²) in [7, 11) is 0. The number of rotatable bonds is 2. The number of carbonyl (C=O) groups is 2. The van der Waals surface area contributed by atoms with E-state index in [0.717, 1.165) is 4.90 Å². The third-order valence-corrected chi connectivity index (χ3v) is 3.85. The Morgan fingerprint density at radius 1 is 1.27 bits per heavy atom. The number of hydrogen-bond acceptors (Lipinski definition) is 2. The van der Waals surface area contributed by atoms with Crippen molar-refractivity contribution in [2.24, 2.45) is 11.8 Å². The van der Waals surface area contributed by atoms with Gasteiger partial charge in [0.1, 0.15) is 0 Å². The molecule has 2 rings (SSSR count). The number of amides is 1. The summed E-state index contributed by atoms with van der Waals surface area (Å²) < 4.78 is 38.7. The van der Waals surface area contributed by atoms with Gasteiger partial charge in [0.15, 0.2) is 0 Å². The highest BCUT2D eigenvalue weighted by Gasteiger charge is 2.53. The van der Waals surface area contributed by atoms with Crippen LogP contribution in [0.15, 0.2) is 18.2 Å². The highest BCUT2D eigenvalue weighted by molar-refractivity contribution is 6.31. The fourth-order valence-corrected chi connectivity index (χ4v) is 2.88. The Morgan fingerprint density at radius 2 is 1.91 bits per heavy atom. The number of aryl methyl sites for hydroxylation is 1. The van der Waals surface area contributed by atoms with Gasteiger partial charge in [0.25, 0.3) is 5.91 Å². The lowest BCUT2D eigenvalue weighted by molar-refractivity contribution is -0.187. The van der Waals surface area contributed by atoms with E-state index in [4.69, 9.17) is 16.7 Å². The minimum absolute atomic E-state index is 0.150. The molecule has 0 aromatic heterocycles. The Bertz CT molecular complexity index is 598. The number of likely N-dealkylation sites (tertiary alicyclic amines) is 1. The summed E-state index contributed by atoms with van der Waals surface area (Å²) in [6, 6.07) is 4.47. The highest BCUT2D eigenvalue weighted by Crippen LogP contribution is 2.38. The number of carboxylic acid groups (broad SMARTS) is 1. The average molecular weight is 336 g/mol. The monoisotopic (exact) mass is 335 g/mol. The zero-order valence-corrected chi connectivity index (χ0v) is 12.3. The van der Waals surface area contributed by atoms with Crippen LogP contribution in [0.4, 0.5) is 13.2 Å². The zero-order chi connectivity index (χ0) is 16.7. The molecule has 0 bridgehead atoms. The lowest BCUT2D eigenvalue weighted by Crippen LogP contribution is -2.34. The van der Waals surface area contributed by atoms with Crippen molar-refractivity contribution in [1.29, 1.82) is 0 Å². The van der Waals surface area contributed by atoms with Crippen LogP contribution in [0.5, 0.6) is 0 Å². The molecule has 120 valence electrons. The minimum atomic E-state index is -4.66. The molecule has 1 aromatic carbocycles. The first-order valence-electron chi connectivity index (χ1n) is 6.45. The Labute approximate surface area is 129 Å². The second-order valence-corrected chi connectivity index (χ2v) is 5.76. The molecule has 22 heavy (non-hydrogen) atoms. The lowest BCUT2D eigenvalue weighted by Gasteiger charge is -2.18. The molecule has 0 radical (unpaired) electrons. The first kappa shape index (κ1) is 16.6. The molecule has 0 unspecified atom stereocenters. The second-order valence-electron chi connectivity index (χ2n) is 5.32. The number of carbonyl (C=O) groups excluding carboxylic acids is 1. The van der Waals surface area contributed by atoms with Crippen molar-refractivity contribution < 1.29 is 27.9 Å². The summed E-state index contributed by atoms with van der Waals surface area (Å²) in [6.45, 7) is 0.569. The van der Waals surface area contributed by atoms with Gasteiger partial charge in [-0.15, -0.1) is 0 Å². The van der Waals surface area contributed by atoms with E-state index >= 15 is 0 Å². The van der Waals surface area contributed by atoms with Crippen LogP contribution in [-0.2, 0) is 4.79 Å². The van der Waals surface area contributed by atoms with E-state index in [0.29, 0.717) is 10.6 Å². The minimum Gasteiger partial charge on any atom is -0.481 e. The van der Waals surface area contributed by atoms with E-state index in [2.05, 4.69) is 0 Å². The number of halogens is 4. The van der Waals surface area contributed by atoms with Crippen LogP contribution in [0, 0.1) is 18.8 Å². The largest absolute Gasteiger partial charge is 0.481 e. The van der Waals surface area contributed by atoms with Crippen LogP contribution in [-0.4, -0.2) is 41.1 Å². The molecule has 0 saturated carbocycles. The fourth-order valence-electron chi connectivity index (χ4n) is 2.59. The molecule has 4 nitrogen and oxygen atoms in total. The van der Waals surface area contributed by atoms with Gasteiger partial charge in [0.05, 0.1) is 11.8 Å². The van der Waals surface area contributed by atoms with Gasteiger partial charge in [-0.05, 0) is 30.7 Å². The SMILES string of the molecule is Cc1cc(Cl)cc(C(=O)N2C[C@@H](C(F)(F)F)[C@H](C(=O)O)C2)c1. The average Bonchev–Trinajstić information content (AvgIpc) is 2.81. The van der Waals surface area contributed by atoms with Crippen LogP contribution in [0.3, 0.4) is 0 Å². The van der Waals surface area contributed by atoms with Crippen LogP contribution < -0.4 is 0 Å². The highest BCUT2D eigenvalue weighted by atomic mass is 35.5. The smallest absolute Gasteiger partial charge is 0.394 e. The number of alkyl halides is 3. The van der Waals surface area contributed by atoms with E-state index in [9.17, 15) is 22.8 Å². The Balaban J connectivity index is 2.26.